The lowest BCUT2D eigenvalue weighted by molar-refractivity contribution is -0.137. The lowest BCUT2D eigenvalue weighted by Crippen LogP contribution is -2.23. The van der Waals surface area contributed by atoms with Crippen molar-refractivity contribution in [2.24, 2.45) is 0 Å². The van der Waals surface area contributed by atoms with Gasteiger partial charge in [-0.05, 0) is 42.5 Å². The Hall–Kier alpha value is -2.45. The number of amides is 1. The van der Waals surface area contributed by atoms with Gasteiger partial charge in [0, 0.05) is 16.1 Å². The van der Waals surface area contributed by atoms with E-state index in [2.05, 4.69) is 17.2 Å². The van der Waals surface area contributed by atoms with Crippen LogP contribution in [0.25, 0.3) is 0 Å². The van der Waals surface area contributed by atoms with Gasteiger partial charge in [0.1, 0.15) is 0 Å². The van der Waals surface area contributed by atoms with Gasteiger partial charge in [-0.25, -0.2) is 0 Å². The van der Waals surface area contributed by atoms with Gasteiger partial charge in [-0.15, -0.1) is 0 Å². The van der Waals surface area contributed by atoms with Crippen LogP contribution in [0.1, 0.15) is 21.5 Å². The molecule has 1 amide bonds. The van der Waals surface area contributed by atoms with Crippen LogP contribution in [-0.4, -0.2) is 12.5 Å². The van der Waals surface area contributed by atoms with Crippen LogP contribution in [0.4, 0.5) is 13.2 Å². The Labute approximate surface area is 136 Å². The van der Waals surface area contributed by atoms with E-state index in [-0.39, 0.29) is 12.1 Å². The number of hydrogen-bond acceptors (Lipinski definition) is 1. The van der Waals surface area contributed by atoms with Crippen LogP contribution >= 0.6 is 11.6 Å². The number of nitrogens with one attached hydrogen (secondary N) is 1. The number of alkyl halides is 3. The summed E-state index contributed by atoms with van der Waals surface area (Å²) in [5, 5.41) is 3.08. The Morgan fingerprint density at radius 3 is 2.43 bits per heavy atom. The third kappa shape index (κ3) is 5.04. The van der Waals surface area contributed by atoms with Crippen LogP contribution in [0, 0.1) is 11.8 Å². The fraction of sp³-hybridized carbons (Fsp3) is 0.118. The number of carbonyl (C=O) groups excluding carboxylic acids is 1. The lowest BCUT2D eigenvalue weighted by Gasteiger charge is -2.07. The molecular weight excluding hydrogens is 327 g/mol. The maximum absolute atomic E-state index is 12.4. The van der Waals surface area contributed by atoms with E-state index in [0.717, 1.165) is 24.3 Å². The molecule has 0 radical (unpaired) electrons. The Kier molecular flexibility index (Phi) is 5.30. The van der Waals surface area contributed by atoms with Crippen molar-refractivity contribution >= 4 is 17.5 Å². The molecule has 0 heterocycles. The lowest BCUT2D eigenvalue weighted by atomic mass is 10.1. The molecule has 0 atom stereocenters. The number of carbonyl (C=O) groups is 1. The molecule has 0 aliphatic heterocycles. The molecule has 0 aliphatic carbocycles. The highest BCUT2D eigenvalue weighted by Crippen LogP contribution is 2.29. The van der Waals surface area contributed by atoms with Gasteiger partial charge in [-0.1, -0.05) is 29.5 Å². The minimum Gasteiger partial charge on any atom is -0.341 e. The molecule has 0 aromatic heterocycles. The molecule has 2 aromatic carbocycles. The van der Waals surface area contributed by atoms with Gasteiger partial charge in [0.2, 0.25) is 0 Å². The van der Waals surface area contributed by atoms with Gasteiger partial charge in [-0.3, -0.25) is 4.79 Å². The third-order valence-electron chi connectivity index (χ3n) is 2.87. The monoisotopic (exact) mass is 337 g/mol. The number of rotatable bonds is 2. The fourth-order valence-electron chi connectivity index (χ4n) is 1.75. The molecule has 2 aromatic rings. The quantitative estimate of drug-likeness (QED) is 0.820. The molecule has 0 saturated carbocycles. The summed E-state index contributed by atoms with van der Waals surface area (Å²) in [6.07, 6.45) is -4.42. The molecule has 1 N–H and O–H groups in total. The number of halogens is 4. The second-order valence-corrected chi connectivity index (χ2v) is 5.01. The first-order valence-electron chi connectivity index (χ1n) is 6.56. The summed E-state index contributed by atoms with van der Waals surface area (Å²) in [6, 6.07) is 10.9. The summed E-state index contributed by atoms with van der Waals surface area (Å²) in [5.74, 6) is 5.08. The van der Waals surface area contributed by atoms with E-state index in [1.54, 1.807) is 24.3 Å². The van der Waals surface area contributed by atoms with E-state index >= 15 is 0 Å². The Balaban J connectivity index is 1.93. The van der Waals surface area contributed by atoms with Crippen molar-refractivity contribution in [2.45, 2.75) is 6.18 Å². The zero-order valence-electron chi connectivity index (χ0n) is 11.7. The van der Waals surface area contributed by atoms with Crippen LogP contribution in [0.15, 0.2) is 48.5 Å². The van der Waals surface area contributed by atoms with E-state index in [9.17, 15) is 18.0 Å². The van der Waals surface area contributed by atoms with Gasteiger partial charge < -0.3 is 5.32 Å². The van der Waals surface area contributed by atoms with E-state index in [4.69, 9.17) is 11.6 Å². The summed E-state index contributed by atoms with van der Waals surface area (Å²) in [6.45, 7) is 0.0758. The van der Waals surface area contributed by atoms with Crippen LogP contribution in [0.2, 0.25) is 5.02 Å². The second kappa shape index (κ2) is 7.21. The smallest absolute Gasteiger partial charge is 0.341 e. The van der Waals surface area contributed by atoms with Gasteiger partial charge >= 0.3 is 6.18 Å². The highest BCUT2D eigenvalue weighted by atomic mass is 35.5. The normalized spacial score (nSPS) is 10.6. The van der Waals surface area contributed by atoms with E-state index in [0.29, 0.717) is 10.6 Å². The van der Waals surface area contributed by atoms with Crippen molar-refractivity contribution < 1.29 is 18.0 Å². The Bertz CT molecular complexity index is 758. The van der Waals surface area contributed by atoms with Gasteiger partial charge in [0.25, 0.3) is 5.91 Å². The summed E-state index contributed by atoms with van der Waals surface area (Å²) in [4.78, 5) is 11.8. The second-order valence-electron chi connectivity index (χ2n) is 4.57. The molecule has 0 fully saturated rings. The fourth-order valence-corrected chi connectivity index (χ4v) is 1.94. The Morgan fingerprint density at radius 2 is 1.83 bits per heavy atom. The standard InChI is InChI=1S/C17H11ClF3NO/c18-15-5-1-3-12(11-15)4-2-10-22-16(23)13-6-8-14(9-7-13)17(19,20)21/h1,3,5-9,11H,10H2,(H,22,23). The van der Waals surface area contributed by atoms with Crippen molar-refractivity contribution in [3.05, 3.63) is 70.2 Å². The summed E-state index contributed by atoms with van der Waals surface area (Å²) < 4.78 is 37.3. The molecule has 0 unspecified atom stereocenters. The third-order valence-corrected chi connectivity index (χ3v) is 3.10. The number of benzene rings is 2. The average Bonchev–Trinajstić information content (AvgIpc) is 2.51. The molecule has 6 heteroatoms. The molecule has 0 bridgehead atoms. The van der Waals surface area contributed by atoms with E-state index in [1.807, 2.05) is 0 Å². The molecule has 23 heavy (non-hydrogen) atoms. The molecule has 0 aliphatic rings. The largest absolute Gasteiger partial charge is 0.416 e. The average molecular weight is 338 g/mol. The van der Waals surface area contributed by atoms with Crippen LogP contribution in [-0.2, 0) is 6.18 Å². The predicted octanol–water partition coefficient (Wildman–Crippen LogP) is 4.14. The van der Waals surface area contributed by atoms with E-state index in [1.165, 1.54) is 0 Å². The maximum Gasteiger partial charge on any atom is 0.416 e. The highest BCUT2D eigenvalue weighted by molar-refractivity contribution is 6.30. The van der Waals surface area contributed by atoms with Gasteiger partial charge in [0.05, 0.1) is 12.1 Å². The highest BCUT2D eigenvalue weighted by Gasteiger charge is 2.30. The molecule has 0 saturated heterocycles. The summed E-state index contributed by atoms with van der Waals surface area (Å²) >= 11 is 5.82. The predicted molar refractivity (Wildman–Crippen MR) is 82.1 cm³/mol. The summed E-state index contributed by atoms with van der Waals surface area (Å²) in [5.41, 5.74) is 0.0543. The van der Waals surface area contributed by atoms with Crippen LogP contribution in [0.5, 0.6) is 0 Å². The first kappa shape index (κ1) is 16.9. The van der Waals surface area contributed by atoms with Crippen molar-refractivity contribution in [3.63, 3.8) is 0 Å². The maximum atomic E-state index is 12.4. The summed E-state index contributed by atoms with van der Waals surface area (Å²) in [7, 11) is 0. The molecule has 2 rings (SSSR count). The first-order chi connectivity index (χ1) is 10.9. The SMILES string of the molecule is O=C(NCC#Cc1cccc(Cl)c1)c1ccc(C(F)(F)F)cc1. The Morgan fingerprint density at radius 1 is 1.13 bits per heavy atom. The topological polar surface area (TPSA) is 29.1 Å². The molecular formula is C17H11ClF3NO. The molecule has 0 spiro atoms. The first-order valence-corrected chi connectivity index (χ1v) is 6.94. The van der Waals surface area contributed by atoms with Crippen molar-refractivity contribution in [1.82, 2.24) is 5.32 Å². The van der Waals surface area contributed by atoms with Gasteiger partial charge in [-0.2, -0.15) is 13.2 Å². The van der Waals surface area contributed by atoms with Crippen molar-refractivity contribution in [2.75, 3.05) is 6.54 Å². The van der Waals surface area contributed by atoms with E-state index < -0.39 is 17.6 Å². The van der Waals surface area contributed by atoms with Crippen molar-refractivity contribution in [3.8, 4) is 11.8 Å². The zero-order valence-corrected chi connectivity index (χ0v) is 12.5. The zero-order chi connectivity index (χ0) is 16.9. The van der Waals surface area contributed by atoms with Crippen molar-refractivity contribution in [1.29, 1.82) is 0 Å². The van der Waals surface area contributed by atoms with Crippen LogP contribution < -0.4 is 5.32 Å². The minimum atomic E-state index is -4.42. The van der Waals surface area contributed by atoms with Gasteiger partial charge in [0.15, 0.2) is 0 Å². The number of hydrogen-bond donors (Lipinski definition) is 1. The minimum absolute atomic E-state index is 0.0758. The molecule has 2 nitrogen and oxygen atoms in total. The van der Waals surface area contributed by atoms with Crippen LogP contribution in [0.3, 0.4) is 0 Å². The molecule has 118 valence electrons.